The van der Waals surface area contributed by atoms with Crippen LogP contribution in [0.3, 0.4) is 0 Å². The Kier molecular flexibility index (Phi) is 12.0. The fourth-order valence-corrected chi connectivity index (χ4v) is 11.2. The summed E-state index contributed by atoms with van der Waals surface area (Å²) >= 11 is 0. The van der Waals surface area contributed by atoms with Gasteiger partial charge < -0.3 is 30.3 Å². The van der Waals surface area contributed by atoms with Crippen LogP contribution in [0.4, 0.5) is 14.5 Å². The van der Waals surface area contributed by atoms with Crippen LogP contribution in [0.1, 0.15) is 75.9 Å². The van der Waals surface area contributed by atoms with Crippen molar-refractivity contribution in [3.8, 4) is 0 Å². The highest BCUT2D eigenvalue weighted by Gasteiger charge is 2.78. The third-order valence-electron chi connectivity index (χ3n) is 14.5. The van der Waals surface area contributed by atoms with Gasteiger partial charge in [0.1, 0.15) is 18.4 Å². The quantitative estimate of drug-likeness (QED) is 0.201. The normalized spacial score (nSPS) is 33.4. The number of Topliss-reactive ketones (excluding diaryl/α,β-unsaturated/α-hetero) is 2. The zero-order valence-corrected chi connectivity index (χ0v) is 35.6. The number of benzene rings is 2. The number of allylic oxidation sites excluding steroid dienone is 4. The molecule has 6 aliphatic rings. The van der Waals surface area contributed by atoms with Crippen molar-refractivity contribution in [2.24, 2.45) is 29.1 Å². The van der Waals surface area contributed by atoms with E-state index in [0.717, 1.165) is 34.3 Å². The zero-order chi connectivity index (χ0) is 45.9. The second kappa shape index (κ2) is 17.1. The number of imide groups is 1. The molecule has 4 N–H and O–H groups in total. The minimum Gasteiger partial charge on any atom is -0.390 e. The van der Waals surface area contributed by atoms with Gasteiger partial charge in [-0.1, -0.05) is 56.3 Å². The molecule has 2 aliphatic heterocycles. The Bertz CT molecular complexity index is 2370. The van der Waals surface area contributed by atoms with Crippen molar-refractivity contribution in [1.29, 1.82) is 0 Å². The number of aliphatic hydroxyl groups is 2. The van der Waals surface area contributed by atoms with E-state index in [-0.39, 0.29) is 50.0 Å². The van der Waals surface area contributed by atoms with Crippen LogP contribution in [0.5, 0.6) is 0 Å². The lowest BCUT2D eigenvalue weighted by atomic mass is 9.48. The van der Waals surface area contributed by atoms with E-state index in [1.807, 2.05) is 24.3 Å². The lowest BCUT2D eigenvalue weighted by molar-refractivity contribution is -0.223. The number of halogens is 2. The van der Waals surface area contributed by atoms with Gasteiger partial charge in [-0.2, -0.15) is 0 Å². The fourth-order valence-electron chi connectivity index (χ4n) is 11.2. The number of ether oxygens (including phenoxy) is 2. The van der Waals surface area contributed by atoms with Crippen LogP contribution in [0.2, 0.25) is 0 Å². The van der Waals surface area contributed by atoms with Gasteiger partial charge in [0.2, 0.25) is 11.8 Å². The largest absolute Gasteiger partial charge is 0.390 e. The zero-order valence-electron chi connectivity index (χ0n) is 35.6. The molecule has 12 atom stereocenters. The molecule has 4 fully saturated rings. The van der Waals surface area contributed by atoms with Crippen LogP contribution < -0.4 is 10.6 Å². The molecule has 64 heavy (non-hydrogen) atoms. The number of aliphatic hydroxyl groups excluding tert-OH is 2. The number of nitrogens with zero attached hydrogens (tertiary/aromatic N) is 1. The summed E-state index contributed by atoms with van der Waals surface area (Å²) in [5.74, 6) is -6.91. The van der Waals surface area contributed by atoms with Gasteiger partial charge in [0.05, 0.1) is 18.2 Å². The molecule has 0 radical (unpaired) electrons. The maximum Gasteiger partial charge on any atom is 0.253 e. The number of hydrogen-bond acceptors (Lipinski definition) is 11. The average molecular weight is 884 g/mol. The van der Waals surface area contributed by atoms with E-state index >= 15 is 8.78 Å². The molecule has 0 aromatic heterocycles. The first-order valence-electron chi connectivity index (χ1n) is 21.7. The Morgan fingerprint density at radius 2 is 1.69 bits per heavy atom. The van der Waals surface area contributed by atoms with Gasteiger partial charge in [-0.15, -0.1) is 0 Å². The average Bonchev–Trinajstić information content (AvgIpc) is 3.89. The van der Waals surface area contributed by atoms with Crippen molar-refractivity contribution in [3.63, 3.8) is 0 Å². The first kappa shape index (κ1) is 45.0. The molecule has 2 aromatic rings. The van der Waals surface area contributed by atoms with Crippen molar-refractivity contribution in [3.05, 3.63) is 101 Å². The van der Waals surface area contributed by atoms with Gasteiger partial charge in [0.25, 0.3) is 11.8 Å². The number of rotatable bonds is 14. The van der Waals surface area contributed by atoms with Crippen molar-refractivity contribution >= 4 is 46.7 Å². The minimum atomic E-state index is -2.29. The van der Waals surface area contributed by atoms with Crippen LogP contribution in [0, 0.1) is 29.1 Å². The molecular weight excluding hydrogens is 833 g/mol. The number of anilines is 1. The van der Waals surface area contributed by atoms with Gasteiger partial charge in [-0.05, 0) is 79.5 Å². The highest BCUT2D eigenvalue weighted by atomic mass is 19.1. The number of carbonyl (C=O) groups is 7. The molecule has 2 unspecified atom stereocenters. The number of hydrogen-bond donors (Lipinski definition) is 4. The molecule has 0 spiro atoms. The maximum absolute atomic E-state index is 17.4. The van der Waals surface area contributed by atoms with E-state index in [9.17, 15) is 43.8 Å². The predicted molar refractivity (Wildman–Crippen MR) is 224 cm³/mol. The lowest BCUT2D eigenvalue weighted by Gasteiger charge is -2.59. The minimum absolute atomic E-state index is 0.0154. The van der Waals surface area contributed by atoms with Gasteiger partial charge in [0, 0.05) is 66.0 Å². The molecule has 338 valence electrons. The van der Waals surface area contributed by atoms with Crippen LogP contribution >= 0.6 is 0 Å². The number of ketones is 3. The van der Waals surface area contributed by atoms with Gasteiger partial charge in [-0.25, -0.2) is 8.78 Å². The molecule has 16 heteroatoms. The summed E-state index contributed by atoms with van der Waals surface area (Å²) in [6.45, 7) is 3.84. The van der Waals surface area contributed by atoms with Crippen LogP contribution in [0.15, 0.2) is 84.5 Å². The van der Waals surface area contributed by atoms with Crippen LogP contribution in [0.25, 0.3) is 0 Å². The summed E-state index contributed by atoms with van der Waals surface area (Å²) in [4.78, 5) is 88.7. The number of nitrogens with one attached hydrogen (secondary N) is 2. The Hall–Kier alpha value is -5.55. The van der Waals surface area contributed by atoms with E-state index in [1.165, 1.54) is 19.1 Å². The Morgan fingerprint density at radius 1 is 0.969 bits per heavy atom. The number of carbonyl (C=O) groups excluding carboxylic acids is 7. The van der Waals surface area contributed by atoms with Crippen molar-refractivity contribution in [2.45, 2.75) is 101 Å². The lowest BCUT2D eigenvalue weighted by Crippen LogP contribution is -2.68. The van der Waals surface area contributed by atoms with E-state index in [2.05, 4.69) is 10.6 Å². The molecule has 2 aromatic carbocycles. The second-order valence-corrected chi connectivity index (χ2v) is 18.3. The molecule has 4 amide bonds. The third kappa shape index (κ3) is 7.67. The predicted octanol–water partition coefficient (Wildman–Crippen LogP) is 3.88. The summed E-state index contributed by atoms with van der Waals surface area (Å²) in [5, 5.41) is 27.3. The molecular formula is C48H51F2N3O11. The Labute approximate surface area is 368 Å². The topological polar surface area (TPSA) is 206 Å². The third-order valence-corrected chi connectivity index (χ3v) is 14.5. The van der Waals surface area contributed by atoms with Crippen LogP contribution in [-0.2, 0) is 49.5 Å². The number of amides is 4. The highest BCUT2D eigenvalue weighted by Crippen LogP contribution is 2.70. The van der Waals surface area contributed by atoms with Crippen LogP contribution in [-0.4, -0.2) is 105 Å². The van der Waals surface area contributed by atoms with E-state index in [0.29, 0.717) is 17.7 Å². The number of alkyl halides is 2. The summed E-state index contributed by atoms with van der Waals surface area (Å²) in [7, 11) is 0. The summed E-state index contributed by atoms with van der Waals surface area (Å²) in [6, 6.07) is 13.6. The maximum atomic E-state index is 17.4. The fraction of sp³-hybridized carbons (Fsp3) is 0.479. The molecule has 14 nitrogen and oxygen atoms in total. The molecule has 8 rings (SSSR count). The van der Waals surface area contributed by atoms with E-state index in [1.54, 1.807) is 38.1 Å². The summed E-state index contributed by atoms with van der Waals surface area (Å²) in [6.07, 6.45) is 0.493. The molecule has 1 saturated heterocycles. The Balaban J connectivity index is 0.878. The monoisotopic (exact) mass is 883 g/mol. The molecule has 4 aliphatic carbocycles. The molecule has 0 bridgehead atoms. The van der Waals surface area contributed by atoms with Crippen molar-refractivity contribution in [1.82, 2.24) is 10.2 Å². The number of fused-ring (bicyclic) bond motifs is 7. The van der Waals surface area contributed by atoms with E-state index in [4.69, 9.17) is 9.47 Å². The van der Waals surface area contributed by atoms with Crippen molar-refractivity contribution < 1.29 is 62.0 Å². The molecule has 2 heterocycles. The smallest absolute Gasteiger partial charge is 0.253 e. The first-order chi connectivity index (χ1) is 30.4. The van der Waals surface area contributed by atoms with Gasteiger partial charge >= 0.3 is 0 Å². The van der Waals surface area contributed by atoms with Crippen molar-refractivity contribution in [2.75, 3.05) is 18.5 Å². The standard InChI is InChI=1S/C48H51F2N3O11/c1-25(17-37(56)26(2)51-41(59)15-16-53-42(60)13-14-43(53)61)44(62)52-30-6-4-5-28(19-30)18-27-7-9-29(10-8-27)45-63-40-22-34-35-21-36(49)32-20-31(55)11-12-33(32)47(35,50)38(57)23-46(34,3)48(40,64-45)39(58)24-54/h4-14,19-20,25-26,33-36,38,40,45,54,57H,15-18,21-24H2,1-3H3,(H,51,59)(H,52,62)/t25-,26+,33?,34+,35+,36+,38+,40-,45?,46+,47+,48-/m1/s1. The van der Waals surface area contributed by atoms with Gasteiger partial charge in [-0.3, -0.25) is 38.5 Å². The molecule has 3 saturated carbocycles. The summed E-state index contributed by atoms with van der Waals surface area (Å²) < 4.78 is 46.1. The SMILES string of the molecule is C[C@H](CC(=O)[C@H](C)NC(=O)CCN1C(=O)C=CC1=O)C(=O)Nc1cccc(Cc2ccc(C3O[C@@H]4C[C@H]5[C@@H]6C[C@H](F)C7=CC(=O)C=CC7[C@@]6(F)[C@@H](O)C[C@]5(C)[C@]4(C(=O)CO)O3)cc2)c1. The first-order valence-corrected chi connectivity index (χ1v) is 21.7. The summed E-state index contributed by atoms with van der Waals surface area (Å²) in [5.41, 5.74) is -2.40. The van der Waals surface area contributed by atoms with E-state index < -0.39 is 113 Å². The Morgan fingerprint density at radius 3 is 2.39 bits per heavy atom. The highest BCUT2D eigenvalue weighted by molar-refractivity contribution is 6.13. The second-order valence-electron chi connectivity index (χ2n) is 18.3. The van der Waals surface area contributed by atoms with Gasteiger partial charge in [0.15, 0.2) is 29.2 Å².